The van der Waals surface area contributed by atoms with Crippen LogP contribution < -0.4 is 14.2 Å². The van der Waals surface area contributed by atoms with E-state index in [9.17, 15) is 0 Å². The molecular weight excluding hydrogens is 266 g/mol. The van der Waals surface area contributed by atoms with Crippen molar-refractivity contribution in [2.24, 2.45) is 0 Å². The van der Waals surface area contributed by atoms with Crippen LogP contribution in [-0.2, 0) is 13.1 Å². The Morgan fingerprint density at radius 3 is 2.43 bits per heavy atom. The fraction of sp³-hybridized carbons (Fsp3) is 0.294. The molecule has 2 aromatic rings. The molecule has 3 rings (SSSR count). The number of rotatable bonds is 4. The van der Waals surface area contributed by atoms with Crippen LogP contribution in [-0.4, -0.2) is 25.9 Å². The molecular formula is C17H19NO3. The first-order valence-electron chi connectivity index (χ1n) is 6.93. The van der Waals surface area contributed by atoms with E-state index in [0.29, 0.717) is 6.73 Å². The molecule has 0 spiro atoms. The van der Waals surface area contributed by atoms with E-state index >= 15 is 0 Å². The molecule has 0 atom stereocenters. The summed E-state index contributed by atoms with van der Waals surface area (Å²) in [5, 5.41) is 0. The highest BCUT2D eigenvalue weighted by molar-refractivity contribution is 5.41. The third-order valence-electron chi connectivity index (χ3n) is 3.63. The van der Waals surface area contributed by atoms with Gasteiger partial charge in [-0.15, -0.1) is 0 Å². The zero-order chi connectivity index (χ0) is 14.7. The first-order chi connectivity index (χ1) is 10.3. The molecule has 0 unspecified atom stereocenters. The van der Waals surface area contributed by atoms with Crippen molar-refractivity contribution < 1.29 is 14.2 Å². The maximum absolute atomic E-state index is 5.80. The van der Waals surface area contributed by atoms with E-state index in [0.717, 1.165) is 35.9 Å². The number of hydrogen-bond acceptors (Lipinski definition) is 4. The largest absolute Gasteiger partial charge is 0.497 e. The predicted octanol–water partition coefficient (Wildman–Crippen LogP) is 3.06. The summed E-state index contributed by atoms with van der Waals surface area (Å²) < 4.78 is 16.2. The molecule has 1 aliphatic heterocycles. The highest BCUT2D eigenvalue weighted by Gasteiger charge is 2.18. The van der Waals surface area contributed by atoms with Crippen LogP contribution in [0.15, 0.2) is 42.5 Å². The maximum Gasteiger partial charge on any atom is 0.142 e. The van der Waals surface area contributed by atoms with Crippen molar-refractivity contribution in [3.8, 4) is 17.2 Å². The highest BCUT2D eigenvalue weighted by Crippen LogP contribution is 2.29. The van der Waals surface area contributed by atoms with Crippen molar-refractivity contribution in [1.29, 1.82) is 0 Å². The fourth-order valence-electron chi connectivity index (χ4n) is 2.49. The van der Waals surface area contributed by atoms with Crippen LogP contribution in [0.4, 0.5) is 0 Å². The average Bonchev–Trinajstić information content (AvgIpc) is 2.55. The zero-order valence-corrected chi connectivity index (χ0v) is 12.3. The van der Waals surface area contributed by atoms with E-state index < -0.39 is 0 Å². The Bertz CT molecular complexity index is 610. The van der Waals surface area contributed by atoms with Gasteiger partial charge in [0.2, 0.25) is 0 Å². The summed E-state index contributed by atoms with van der Waals surface area (Å²) in [4.78, 5) is 2.25. The van der Waals surface area contributed by atoms with Crippen molar-refractivity contribution in [3.63, 3.8) is 0 Å². The summed E-state index contributed by atoms with van der Waals surface area (Å²) in [6, 6.07) is 14.1. The summed E-state index contributed by atoms with van der Waals surface area (Å²) in [7, 11) is 3.36. The molecule has 4 heteroatoms. The van der Waals surface area contributed by atoms with Crippen LogP contribution in [0.25, 0.3) is 0 Å². The molecule has 0 aromatic heterocycles. The second-order valence-electron chi connectivity index (χ2n) is 5.08. The lowest BCUT2D eigenvalue weighted by atomic mass is 10.1. The Kier molecular flexibility index (Phi) is 3.97. The molecule has 0 amide bonds. The summed E-state index contributed by atoms with van der Waals surface area (Å²) in [6.07, 6.45) is 0. The Morgan fingerprint density at radius 2 is 1.71 bits per heavy atom. The summed E-state index contributed by atoms with van der Waals surface area (Å²) in [6.45, 7) is 2.31. The number of fused-ring (bicyclic) bond motifs is 1. The predicted molar refractivity (Wildman–Crippen MR) is 80.7 cm³/mol. The minimum Gasteiger partial charge on any atom is -0.497 e. The Morgan fingerprint density at radius 1 is 1.00 bits per heavy atom. The molecule has 0 saturated carbocycles. The Hall–Kier alpha value is -2.20. The first kappa shape index (κ1) is 13.8. The Balaban J connectivity index is 1.70. The van der Waals surface area contributed by atoms with E-state index in [2.05, 4.69) is 17.0 Å². The second kappa shape index (κ2) is 6.06. The minimum atomic E-state index is 0.603. The average molecular weight is 285 g/mol. The maximum atomic E-state index is 5.80. The molecule has 0 aliphatic carbocycles. The molecule has 4 nitrogen and oxygen atoms in total. The smallest absolute Gasteiger partial charge is 0.142 e. The summed E-state index contributed by atoms with van der Waals surface area (Å²) in [5.41, 5.74) is 2.40. The Labute approximate surface area is 124 Å². The van der Waals surface area contributed by atoms with E-state index in [1.165, 1.54) is 5.56 Å². The monoisotopic (exact) mass is 285 g/mol. The molecule has 1 aliphatic rings. The van der Waals surface area contributed by atoms with Gasteiger partial charge in [0.05, 0.1) is 14.2 Å². The van der Waals surface area contributed by atoms with Crippen LogP contribution in [0.5, 0.6) is 17.2 Å². The SMILES string of the molecule is COc1ccc(CN2COc3ccc(OC)cc3C2)cc1. The molecule has 2 aromatic carbocycles. The van der Waals surface area contributed by atoms with E-state index in [1.54, 1.807) is 14.2 Å². The molecule has 110 valence electrons. The highest BCUT2D eigenvalue weighted by atomic mass is 16.5. The number of ether oxygens (including phenoxy) is 3. The van der Waals surface area contributed by atoms with Crippen molar-refractivity contribution in [2.45, 2.75) is 13.1 Å². The van der Waals surface area contributed by atoms with Gasteiger partial charge in [0, 0.05) is 18.7 Å². The summed E-state index contributed by atoms with van der Waals surface area (Å²) >= 11 is 0. The molecule has 0 N–H and O–H groups in total. The molecule has 21 heavy (non-hydrogen) atoms. The van der Waals surface area contributed by atoms with Crippen molar-refractivity contribution >= 4 is 0 Å². The van der Waals surface area contributed by atoms with Gasteiger partial charge in [-0.25, -0.2) is 0 Å². The van der Waals surface area contributed by atoms with Crippen LogP contribution in [0, 0.1) is 0 Å². The molecule has 0 bridgehead atoms. The number of benzene rings is 2. The molecule has 0 saturated heterocycles. The number of methoxy groups -OCH3 is 2. The van der Waals surface area contributed by atoms with E-state index in [-0.39, 0.29) is 0 Å². The van der Waals surface area contributed by atoms with Crippen LogP contribution in [0.2, 0.25) is 0 Å². The number of nitrogens with zero attached hydrogens (tertiary/aromatic N) is 1. The van der Waals surface area contributed by atoms with Gasteiger partial charge in [0.25, 0.3) is 0 Å². The first-order valence-corrected chi connectivity index (χ1v) is 6.93. The normalized spacial score (nSPS) is 14.2. The fourth-order valence-corrected chi connectivity index (χ4v) is 2.49. The molecule has 0 radical (unpaired) electrons. The van der Waals surface area contributed by atoms with Gasteiger partial charge >= 0.3 is 0 Å². The zero-order valence-electron chi connectivity index (χ0n) is 12.3. The lowest BCUT2D eigenvalue weighted by Crippen LogP contribution is -2.31. The van der Waals surface area contributed by atoms with Crippen molar-refractivity contribution in [1.82, 2.24) is 4.90 Å². The van der Waals surface area contributed by atoms with E-state index in [4.69, 9.17) is 14.2 Å². The van der Waals surface area contributed by atoms with Gasteiger partial charge in [0.1, 0.15) is 24.0 Å². The quantitative estimate of drug-likeness (QED) is 0.864. The summed E-state index contributed by atoms with van der Waals surface area (Å²) in [5.74, 6) is 2.69. The third kappa shape index (κ3) is 3.11. The van der Waals surface area contributed by atoms with Gasteiger partial charge in [-0.05, 0) is 35.9 Å². The van der Waals surface area contributed by atoms with Crippen molar-refractivity contribution in [2.75, 3.05) is 21.0 Å². The third-order valence-corrected chi connectivity index (χ3v) is 3.63. The number of hydrogen-bond donors (Lipinski definition) is 0. The van der Waals surface area contributed by atoms with Gasteiger partial charge in [0.15, 0.2) is 0 Å². The standard InChI is InChI=1S/C17H19NO3/c1-19-15-5-3-13(4-6-15)10-18-11-14-9-16(20-2)7-8-17(14)21-12-18/h3-9H,10-12H2,1-2H3. The van der Waals surface area contributed by atoms with Gasteiger partial charge in [-0.3, -0.25) is 4.90 Å². The second-order valence-corrected chi connectivity index (χ2v) is 5.08. The minimum absolute atomic E-state index is 0.603. The lowest BCUT2D eigenvalue weighted by Gasteiger charge is -2.29. The van der Waals surface area contributed by atoms with Crippen LogP contribution in [0.1, 0.15) is 11.1 Å². The topological polar surface area (TPSA) is 30.9 Å². The van der Waals surface area contributed by atoms with Gasteiger partial charge in [-0.2, -0.15) is 0 Å². The van der Waals surface area contributed by atoms with Crippen LogP contribution >= 0.6 is 0 Å². The van der Waals surface area contributed by atoms with Gasteiger partial charge in [-0.1, -0.05) is 12.1 Å². The molecule has 1 heterocycles. The lowest BCUT2D eigenvalue weighted by molar-refractivity contribution is 0.0885. The molecule has 0 fully saturated rings. The van der Waals surface area contributed by atoms with E-state index in [1.807, 2.05) is 30.3 Å². The van der Waals surface area contributed by atoms with Crippen molar-refractivity contribution in [3.05, 3.63) is 53.6 Å². The van der Waals surface area contributed by atoms with Gasteiger partial charge < -0.3 is 14.2 Å². The van der Waals surface area contributed by atoms with Crippen LogP contribution in [0.3, 0.4) is 0 Å².